The van der Waals surface area contributed by atoms with Crippen molar-refractivity contribution >= 4 is 28.5 Å². The highest BCUT2D eigenvalue weighted by Crippen LogP contribution is 2.25. The van der Waals surface area contributed by atoms with Crippen molar-refractivity contribution in [1.29, 1.82) is 0 Å². The number of likely N-dealkylation sites (tertiary alicyclic amines) is 1. The van der Waals surface area contributed by atoms with Gasteiger partial charge >= 0.3 is 0 Å². The van der Waals surface area contributed by atoms with Crippen LogP contribution in [0.25, 0.3) is 10.9 Å². The lowest BCUT2D eigenvalue weighted by Gasteiger charge is -2.23. The van der Waals surface area contributed by atoms with E-state index in [2.05, 4.69) is 26.9 Å². The Morgan fingerprint density at radius 1 is 1.10 bits per heavy atom. The van der Waals surface area contributed by atoms with E-state index in [1.807, 2.05) is 0 Å². The van der Waals surface area contributed by atoms with Gasteiger partial charge in [-0.2, -0.15) is 5.10 Å². The second kappa shape index (κ2) is 11.0. The first-order valence-corrected chi connectivity index (χ1v) is 12.5. The number of amides is 2. The van der Waals surface area contributed by atoms with Gasteiger partial charge in [0.2, 0.25) is 11.7 Å². The number of ketones is 1. The molecule has 3 heterocycles. The molecule has 202 valence electrons. The standard InChI is InChI=1S/C29H24F2N6O3/c1-17-4-2-5-19(27(17)31)13-24(38)23-14-20(30)15-36(23)26(39)16-37-22-8-6-18(7-9-25-33-10-3-11-34-25)12-21(22)28(35-37)29(32)40/h2-6,8,10-12,20,23H,13-16H2,1H3,(H2,32,40)/t20-,23+/m1/s1. The maximum atomic E-state index is 14.5. The van der Waals surface area contributed by atoms with Gasteiger partial charge in [-0.3, -0.25) is 19.1 Å². The fourth-order valence-electron chi connectivity index (χ4n) is 4.79. The number of benzene rings is 2. The van der Waals surface area contributed by atoms with Gasteiger partial charge in [-0.15, -0.1) is 0 Å². The monoisotopic (exact) mass is 542 g/mol. The Bertz CT molecular complexity index is 1690. The van der Waals surface area contributed by atoms with Gasteiger partial charge in [0.15, 0.2) is 11.5 Å². The predicted octanol–water partition coefficient (Wildman–Crippen LogP) is 2.52. The van der Waals surface area contributed by atoms with Crippen LogP contribution >= 0.6 is 0 Å². The second-order valence-corrected chi connectivity index (χ2v) is 9.51. The zero-order valence-corrected chi connectivity index (χ0v) is 21.5. The molecule has 0 saturated carbocycles. The summed E-state index contributed by atoms with van der Waals surface area (Å²) in [7, 11) is 0. The Morgan fingerprint density at radius 3 is 2.62 bits per heavy atom. The molecule has 0 bridgehead atoms. The van der Waals surface area contributed by atoms with Gasteiger partial charge in [0, 0.05) is 36.2 Å². The van der Waals surface area contributed by atoms with Crippen molar-refractivity contribution in [1.82, 2.24) is 24.6 Å². The number of Topliss-reactive ketones (excluding diaryl/α,β-unsaturated/α-hetero) is 1. The first kappa shape index (κ1) is 26.6. The Balaban J connectivity index is 1.39. The van der Waals surface area contributed by atoms with E-state index in [0.29, 0.717) is 27.9 Å². The number of nitrogens with two attached hydrogens (primary N) is 1. The fourth-order valence-corrected chi connectivity index (χ4v) is 4.79. The highest BCUT2D eigenvalue weighted by Gasteiger charge is 2.39. The van der Waals surface area contributed by atoms with Crippen molar-refractivity contribution in [2.45, 2.75) is 38.5 Å². The minimum absolute atomic E-state index is 0.0604. The van der Waals surface area contributed by atoms with Gasteiger partial charge in [-0.25, -0.2) is 18.7 Å². The minimum Gasteiger partial charge on any atom is -0.364 e. The molecule has 2 atom stereocenters. The molecule has 5 rings (SSSR count). The van der Waals surface area contributed by atoms with Crippen LogP contribution in [0.5, 0.6) is 0 Å². The number of primary amides is 1. The molecule has 2 amide bonds. The van der Waals surface area contributed by atoms with E-state index < -0.39 is 35.6 Å². The normalized spacial score (nSPS) is 16.5. The molecule has 1 aliphatic heterocycles. The molecule has 1 saturated heterocycles. The first-order chi connectivity index (χ1) is 19.2. The summed E-state index contributed by atoms with van der Waals surface area (Å²) in [6.45, 7) is 0.963. The number of alkyl halides is 1. The van der Waals surface area contributed by atoms with Crippen molar-refractivity contribution in [3.63, 3.8) is 0 Å². The number of fused-ring (bicyclic) bond motifs is 1. The van der Waals surface area contributed by atoms with Gasteiger partial charge < -0.3 is 10.6 Å². The van der Waals surface area contributed by atoms with Gasteiger partial charge in [-0.05, 0) is 48.2 Å². The summed E-state index contributed by atoms with van der Waals surface area (Å²) in [5.74, 6) is 3.76. The number of nitrogens with zero attached hydrogens (tertiary/aromatic N) is 5. The van der Waals surface area contributed by atoms with Crippen LogP contribution in [-0.2, 0) is 22.6 Å². The summed E-state index contributed by atoms with van der Waals surface area (Å²) >= 11 is 0. The summed E-state index contributed by atoms with van der Waals surface area (Å²) in [6.07, 6.45) is 1.31. The number of rotatable bonds is 6. The maximum Gasteiger partial charge on any atom is 0.269 e. The van der Waals surface area contributed by atoms with Crippen molar-refractivity contribution in [2.24, 2.45) is 5.73 Å². The molecule has 1 aliphatic rings. The highest BCUT2D eigenvalue weighted by molar-refractivity contribution is 6.04. The van der Waals surface area contributed by atoms with Gasteiger partial charge in [0.25, 0.3) is 5.91 Å². The average Bonchev–Trinajstić information content (AvgIpc) is 3.51. The fraction of sp³-hybridized carbons (Fsp3) is 0.241. The van der Waals surface area contributed by atoms with Crippen LogP contribution in [-0.4, -0.2) is 61.0 Å². The molecule has 0 spiro atoms. The van der Waals surface area contributed by atoms with Crippen LogP contribution in [0.15, 0.2) is 54.9 Å². The number of aromatic nitrogens is 4. The third kappa shape index (κ3) is 5.42. The second-order valence-electron chi connectivity index (χ2n) is 9.51. The first-order valence-electron chi connectivity index (χ1n) is 12.5. The van der Waals surface area contributed by atoms with Crippen molar-refractivity contribution in [2.75, 3.05) is 6.54 Å². The lowest BCUT2D eigenvalue weighted by Crippen LogP contribution is -2.43. The number of hydrogen-bond donors (Lipinski definition) is 1. The average molecular weight is 543 g/mol. The quantitative estimate of drug-likeness (QED) is 0.374. The lowest BCUT2D eigenvalue weighted by atomic mass is 10.00. The zero-order valence-electron chi connectivity index (χ0n) is 21.5. The van der Waals surface area contributed by atoms with E-state index >= 15 is 0 Å². The topological polar surface area (TPSA) is 124 Å². The molecule has 0 aliphatic carbocycles. The maximum absolute atomic E-state index is 14.5. The van der Waals surface area contributed by atoms with E-state index in [9.17, 15) is 23.2 Å². The van der Waals surface area contributed by atoms with E-state index in [4.69, 9.17) is 5.73 Å². The Labute approximate surface area is 228 Å². The number of hydrogen-bond acceptors (Lipinski definition) is 6. The zero-order chi connectivity index (χ0) is 28.4. The predicted molar refractivity (Wildman–Crippen MR) is 141 cm³/mol. The van der Waals surface area contributed by atoms with Crippen molar-refractivity contribution in [3.8, 4) is 11.8 Å². The summed E-state index contributed by atoms with van der Waals surface area (Å²) in [4.78, 5) is 47.8. The highest BCUT2D eigenvalue weighted by atomic mass is 19.1. The van der Waals surface area contributed by atoms with Gasteiger partial charge in [0.1, 0.15) is 18.5 Å². The molecule has 11 heteroatoms. The van der Waals surface area contributed by atoms with E-state index in [-0.39, 0.29) is 37.2 Å². The summed E-state index contributed by atoms with van der Waals surface area (Å²) in [6, 6.07) is 10.3. The molecule has 2 aromatic carbocycles. The van der Waals surface area contributed by atoms with Crippen molar-refractivity contribution < 1.29 is 23.2 Å². The van der Waals surface area contributed by atoms with Gasteiger partial charge in [-0.1, -0.05) is 24.1 Å². The van der Waals surface area contributed by atoms with Crippen LogP contribution in [0.4, 0.5) is 8.78 Å². The van der Waals surface area contributed by atoms with E-state index in [1.165, 1.54) is 10.7 Å². The minimum atomic E-state index is -1.40. The molecular formula is C29H24F2N6O3. The van der Waals surface area contributed by atoms with Crippen LogP contribution < -0.4 is 5.73 Å². The van der Waals surface area contributed by atoms with Crippen molar-refractivity contribution in [3.05, 3.63) is 88.9 Å². The SMILES string of the molecule is Cc1cccc(CC(=O)[C@@H]2C[C@@H](F)CN2C(=O)Cn2nc(C(N)=O)c3cc(C#Cc4ncccn4)ccc32)c1F. The third-order valence-corrected chi connectivity index (χ3v) is 6.73. The summed E-state index contributed by atoms with van der Waals surface area (Å²) < 4.78 is 30.2. The number of carbonyl (C=O) groups is 3. The summed E-state index contributed by atoms with van der Waals surface area (Å²) in [5, 5.41) is 4.61. The Kier molecular flexibility index (Phi) is 7.33. The Hall–Kier alpha value is -4.98. The van der Waals surface area contributed by atoms with E-state index in [0.717, 1.165) is 4.90 Å². The smallest absolute Gasteiger partial charge is 0.269 e. The van der Waals surface area contributed by atoms with E-state index in [1.54, 1.807) is 55.7 Å². The number of aryl methyl sites for hydroxylation is 1. The molecule has 0 unspecified atom stereocenters. The van der Waals surface area contributed by atoms with Crippen LogP contribution in [0.1, 0.15) is 39.4 Å². The molecule has 9 nitrogen and oxygen atoms in total. The van der Waals surface area contributed by atoms with Crippen LogP contribution in [0.3, 0.4) is 0 Å². The van der Waals surface area contributed by atoms with Crippen LogP contribution in [0.2, 0.25) is 0 Å². The molecule has 1 fully saturated rings. The molecule has 4 aromatic rings. The molecule has 2 N–H and O–H groups in total. The Morgan fingerprint density at radius 2 is 1.88 bits per heavy atom. The van der Waals surface area contributed by atoms with Crippen LogP contribution in [0, 0.1) is 24.6 Å². The number of carbonyl (C=O) groups excluding carboxylic acids is 3. The third-order valence-electron chi connectivity index (χ3n) is 6.73. The molecule has 2 aromatic heterocycles. The lowest BCUT2D eigenvalue weighted by molar-refractivity contribution is -0.138. The van der Waals surface area contributed by atoms with Gasteiger partial charge in [0.05, 0.1) is 18.1 Å². The molecule has 40 heavy (non-hydrogen) atoms. The molecular weight excluding hydrogens is 518 g/mol. The summed E-state index contributed by atoms with van der Waals surface area (Å²) in [5.41, 5.74) is 7.05. The molecule has 0 radical (unpaired) electrons. The largest absolute Gasteiger partial charge is 0.364 e. The number of halogens is 2.